The van der Waals surface area contributed by atoms with Crippen molar-refractivity contribution < 1.29 is 61.6 Å². The van der Waals surface area contributed by atoms with E-state index < -0.39 is 11.7 Å². The van der Waals surface area contributed by atoms with Crippen LogP contribution in [0.5, 0.6) is 0 Å². The average molecular weight is 826 g/mol. The molecule has 14 heteroatoms. The van der Waals surface area contributed by atoms with Gasteiger partial charge in [0.15, 0.2) is 0 Å². The van der Waals surface area contributed by atoms with E-state index in [1.54, 1.807) is 0 Å². The Morgan fingerprint density at radius 1 is 0.333 bits per heavy atom. The second-order valence-electron chi connectivity index (χ2n) is 14.8. The van der Waals surface area contributed by atoms with Gasteiger partial charge in [-0.05, 0) is 27.2 Å². The summed E-state index contributed by atoms with van der Waals surface area (Å²) >= 11 is 0. The predicted molar refractivity (Wildman–Crippen MR) is 224 cm³/mol. The van der Waals surface area contributed by atoms with Crippen molar-refractivity contribution in [2.45, 2.75) is 123 Å². The van der Waals surface area contributed by atoms with Crippen LogP contribution in [0.25, 0.3) is 0 Å². The molecule has 0 saturated carbocycles. The number of ether oxygens (including phenoxy) is 12. The van der Waals surface area contributed by atoms with Crippen molar-refractivity contribution in [1.82, 2.24) is 5.32 Å². The van der Waals surface area contributed by atoms with E-state index in [0.717, 1.165) is 13.0 Å². The van der Waals surface area contributed by atoms with Crippen LogP contribution in [0.2, 0.25) is 0 Å². The number of carbonyl (C=O) groups is 1. The molecular weight excluding hydrogens is 738 g/mol. The van der Waals surface area contributed by atoms with Crippen LogP contribution in [-0.2, 0) is 56.8 Å². The number of rotatable bonds is 48. The van der Waals surface area contributed by atoms with Gasteiger partial charge >= 0.3 is 6.09 Å². The second-order valence-corrected chi connectivity index (χ2v) is 14.8. The Kier molecular flexibility index (Phi) is 46.5. The summed E-state index contributed by atoms with van der Waals surface area (Å²) in [5.74, 6) is 0. The summed E-state index contributed by atoms with van der Waals surface area (Å²) in [7, 11) is 0. The Morgan fingerprint density at radius 2 is 0.561 bits per heavy atom. The molecule has 1 amide bonds. The summed E-state index contributed by atoms with van der Waals surface area (Å²) in [6, 6.07) is 0. The van der Waals surface area contributed by atoms with Crippen LogP contribution >= 0.6 is 0 Å². The third kappa shape index (κ3) is 52.8. The van der Waals surface area contributed by atoms with Gasteiger partial charge in [0.1, 0.15) is 5.60 Å². The first-order valence-corrected chi connectivity index (χ1v) is 22.3. The molecule has 0 aliphatic heterocycles. The first-order chi connectivity index (χ1) is 28.0. The number of nitrogens with one attached hydrogen (secondary N) is 1. The molecule has 0 spiro atoms. The minimum absolute atomic E-state index is 0.385. The van der Waals surface area contributed by atoms with Crippen LogP contribution < -0.4 is 5.32 Å². The van der Waals surface area contributed by atoms with Crippen LogP contribution in [0.3, 0.4) is 0 Å². The number of amides is 1. The molecule has 0 fully saturated rings. The topological polar surface area (TPSA) is 140 Å². The van der Waals surface area contributed by atoms with Crippen molar-refractivity contribution in [3.63, 3.8) is 0 Å². The predicted octanol–water partition coefficient (Wildman–Crippen LogP) is 7.18. The van der Waals surface area contributed by atoms with Gasteiger partial charge < -0.3 is 62.2 Å². The molecule has 0 aliphatic carbocycles. The largest absolute Gasteiger partial charge is 0.444 e. The van der Waals surface area contributed by atoms with E-state index in [1.165, 1.54) is 83.5 Å². The molecule has 0 unspecified atom stereocenters. The lowest BCUT2D eigenvalue weighted by molar-refractivity contribution is -0.0275. The maximum atomic E-state index is 11.5. The Labute approximate surface area is 347 Å². The Bertz CT molecular complexity index is 776. The number of carbonyl (C=O) groups excluding carboxylic acids is 1. The van der Waals surface area contributed by atoms with Gasteiger partial charge in [0, 0.05) is 13.2 Å². The van der Waals surface area contributed by atoms with Crippen molar-refractivity contribution in [1.29, 1.82) is 0 Å². The van der Waals surface area contributed by atoms with Gasteiger partial charge in [-0.3, -0.25) is 0 Å². The molecule has 0 bridgehead atoms. The molecule has 342 valence electrons. The van der Waals surface area contributed by atoms with Gasteiger partial charge in [0.2, 0.25) is 0 Å². The van der Waals surface area contributed by atoms with E-state index in [2.05, 4.69) is 12.2 Å². The molecule has 0 rings (SSSR count). The normalized spacial score (nSPS) is 11.8. The summed E-state index contributed by atoms with van der Waals surface area (Å²) in [4.78, 5) is 11.5. The van der Waals surface area contributed by atoms with Crippen LogP contribution in [0, 0.1) is 0 Å². The van der Waals surface area contributed by atoms with Crippen LogP contribution in [0.15, 0.2) is 0 Å². The van der Waals surface area contributed by atoms with E-state index in [-0.39, 0.29) is 0 Å². The van der Waals surface area contributed by atoms with E-state index in [4.69, 9.17) is 56.8 Å². The van der Waals surface area contributed by atoms with Crippen molar-refractivity contribution >= 4 is 6.09 Å². The maximum absolute atomic E-state index is 11.5. The summed E-state index contributed by atoms with van der Waals surface area (Å²) < 4.78 is 65.8. The third-order valence-corrected chi connectivity index (χ3v) is 8.28. The average Bonchev–Trinajstić information content (AvgIpc) is 3.18. The second kappa shape index (κ2) is 47.5. The quantitative estimate of drug-likeness (QED) is 0.0621. The molecule has 57 heavy (non-hydrogen) atoms. The molecule has 14 nitrogen and oxygen atoms in total. The summed E-state index contributed by atoms with van der Waals surface area (Å²) in [5, 5.41) is 2.64. The summed E-state index contributed by atoms with van der Waals surface area (Å²) in [5.41, 5.74) is -0.511. The zero-order valence-corrected chi connectivity index (χ0v) is 37.0. The summed E-state index contributed by atoms with van der Waals surface area (Å²) in [6.07, 6.45) is 18.8. The standard InChI is InChI=1S/C43H87NO13/c1-5-6-7-8-9-10-11-12-13-14-15-16-17-18-20-46-22-24-48-26-28-50-30-32-52-34-36-54-38-40-56-41-39-55-37-35-53-33-31-51-29-27-49-25-23-47-21-19-44-42(45)57-43(2,3)4/h5-41H2,1-4H3,(H,44,45). The smallest absolute Gasteiger partial charge is 0.407 e. The molecule has 0 aromatic rings. The van der Waals surface area contributed by atoms with Crippen LogP contribution in [-0.4, -0.2) is 164 Å². The zero-order valence-electron chi connectivity index (χ0n) is 37.0. The minimum Gasteiger partial charge on any atom is -0.444 e. The lowest BCUT2D eigenvalue weighted by Gasteiger charge is -2.19. The molecule has 0 aromatic carbocycles. The fourth-order valence-electron chi connectivity index (χ4n) is 5.24. The number of hydrogen-bond acceptors (Lipinski definition) is 13. The van der Waals surface area contributed by atoms with Gasteiger partial charge in [-0.2, -0.15) is 0 Å². The monoisotopic (exact) mass is 826 g/mol. The minimum atomic E-state index is -0.511. The molecule has 0 radical (unpaired) electrons. The van der Waals surface area contributed by atoms with Gasteiger partial charge in [-0.25, -0.2) is 4.79 Å². The van der Waals surface area contributed by atoms with E-state index in [1.807, 2.05) is 20.8 Å². The molecule has 0 aromatic heterocycles. The van der Waals surface area contributed by atoms with E-state index >= 15 is 0 Å². The van der Waals surface area contributed by atoms with Crippen LogP contribution in [0.1, 0.15) is 118 Å². The Hall–Kier alpha value is -1.17. The fourth-order valence-corrected chi connectivity index (χ4v) is 5.24. The van der Waals surface area contributed by atoms with Crippen molar-refractivity contribution in [2.75, 3.05) is 152 Å². The van der Waals surface area contributed by atoms with Gasteiger partial charge in [-0.15, -0.1) is 0 Å². The van der Waals surface area contributed by atoms with E-state index in [0.29, 0.717) is 145 Å². The summed E-state index contributed by atoms with van der Waals surface area (Å²) in [6.45, 7) is 19.7. The zero-order chi connectivity index (χ0) is 41.4. The van der Waals surface area contributed by atoms with Crippen molar-refractivity contribution in [2.24, 2.45) is 0 Å². The molecule has 0 aliphatic rings. The van der Waals surface area contributed by atoms with Gasteiger partial charge in [0.05, 0.1) is 139 Å². The molecule has 0 heterocycles. The van der Waals surface area contributed by atoms with Gasteiger partial charge in [-0.1, -0.05) is 90.4 Å². The SMILES string of the molecule is CCCCCCCCCCCCCCCCOCCOCCOCCOCCOCCOCCOCCOCCOCCOCCOCCNC(=O)OC(C)(C)C. The lowest BCUT2D eigenvalue weighted by Crippen LogP contribution is -2.34. The fraction of sp³-hybridized carbons (Fsp3) is 0.977. The Balaban J connectivity index is 3.09. The molecule has 1 N–H and O–H groups in total. The Morgan fingerprint density at radius 3 is 0.825 bits per heavy atom. The third-order valence-electron chi connectivity index (χ3n) is 8.28. The van der Waals surface area contributed by atoms with Crippen molar-refractivity contribution in [3.8, 4) is 0 Å². The highest BCUT2D eigenvalue weighted by atomic mass is 16.6. The van der Waals surface area contributed by atoms with E-state index in [9.17, 15) is 4.79 Å². The number of alkyl carbamates (subject to hydrolysis) is 1. The van der Waals surface area contributed by atoms with Crippen molar-refractivity contribution in [3.05, 3.63) is 0 Å². The molecular formula is C43H87NO13. The lowest BCUT2D eigenvalue weighted by atomic mass is 10.0. The molecule has 0 atom stereocenters. The highest BCUT2D eigenvalue weighted by Crippen LogP contribution is 2.13. The number of hydrogen-bond donors (Lipinski definition) is 1. The number of unbranched alkanes of at least 4 members (excludes halogenated alkanes) is 13. The highest BCUT2D eigenvalue weighted by molar-refractivity contribution is 5.67. The first kappa shape index (κ1) is 55.8. The maximum Gasteiger partial charge on any atom is 0.407 e. The molecule has 0 saturated heterocycles. The first-order valence-electron chi connectivity index (χ1n) is 22.3. The van der Waals surface area contributed by atoms with Crippen LogP contribution in [0.4, 0.5) is 4.79 Å². The van der Waals surface area contributed by atoms with Gasteiger partial charge in [0.25, 0.3) is 0 Å². The highest BCUT2D eigenvalue weighted by Gasteiger charge is 2.15.